The van der Waals surface area contributed by atoms with Crippen LogP contribution in [0.15, 0.2) is 17.0 Å². The molecule has 1 aliphatic heterocycles. The molecule has 0 atom stereocenters. The third-order valence-electron chi connectivity index (χ3n) is 3.92. The van der Waals surface area contributed by atoms with Gasteiger partial charge in [-0.15, -0.1) is 11.8 Å². The number of carbonyl (C=O) groups is 3. The molecule has 1 heterocycles. The molecule has 0 bridgehead atoms. The number of ether oxygens (including phenoxy) is 2. The van der Waals surface area contributed by atoms with Crippen LogP contribution < -0.4 is 10.2 Å². The number of esters is 1. The lowest BCUT2D eigenvalue weighted by Crippen LogP contribution is -2.49. The molecule has 1 N–H and O–H groups in total. The van der Waals surface area contributed by atoms with Crippen molar-refractivity contribution >= 4 is 35.4 Å². The summed E-state index contributed by atoms with van der Waals surface area (Å²) in [6, 6.07) is 3.57. The van der Waals surface area contributed by atoms with Crippen LogP contribution >= 0.6 is 11.8 Å². The predicted octanol–water partition coefficient (Wildman–Crippen LogP) is 2.35. The molecule has 0 saturated carbocycles. The number of hydrogen-bond donors (Lipinski definition) is 1. The fraction of sp³-hybridized carbons (Fsp3) is 0.471. The molecule has 0 radical (unpaired) electrons. The zero-order valence-electron chi connectivity index (χ0n) is 15.0. The molecule has 0 aliphatic carbocycles. The summed E-state index contributed by atoms with van der Waals surface area (Å²) >= 11 is 1.46. The van der Waals surface area contributed by atoms with E-state index in [0.29, 0.717) is 11.3 Å². The Morgan fingerprint density at radius 3 is 2.52 bits per heavy atom. The van der Waals surface area contributed by atoms with Gasteiger partial charge in [0.2, 0.25) is 5.91 Å². The second kappa shape index (κ2) is 7.35. The van der Waals surface area contributed by atoms with Crippen LogP contribution in [0.3, 0.4) is 0 Å². The highest BCUT2D eigenvalue weighted by atomic mass is 32.2. The molecule has 136 valence electrons. The molecule has 8 heteroatoms. The summed E-state index contributed by atoms with van der Waals surface area (Å²) in [5.74, 6) is -0.536. The monoisotopic (exact) mass is 366 g/mol. The molecule has 2 amide bonds. The molecule has 7 nitrogen and oxygen atoms in total. The number of anilines is 1. The van der Waals surface area contributed by atoms with Crippen molar-refractivity contribution in [2.45, 2.75) is 30.4 Å². The lowest BCUT2D eigenvalue weighted by Gasteiger charge is -2.38. The summed E-state index contributed by atoms with van der Waals surface area (Å²) in [5.41, 5.74) is 1.85. The zero-order chi connectivity index (χ0) is 18.8. The van der Waals surface area contributed by atoms with Crippen LogP contribution in [-0.4, -0.2) is 50.0 Å². The topological polar surface area (TPSA) is 84.9 Å². The summed E-state index contributed by atoms with van der Waals surface area (Å²) < 4.78 is 8.71. The summed E-state index contributed by atoms with van der Waals surface area (Å²) in [6.45, 7) is 6.05. The molecule has 1 aromatic rings. The number of nitrogens with zero attached hydrogens (tertiary/aromatic N) is 1. The van der Waals surface area contributed by atoms with E-state index in [1.165, 1.54) is 26.0 Å². The lowest BCUT2D eigenvalue weighted by atomic mass is 10.1. The smallest absolute Gasteiger partial charge is 0.406 e. The average molecular weight is 366 g/mol. The first-order valence-corrected chi connectivity index (χ1v) is 8.58. The second-order valence-corrected chi connectivity index (χ2v) is 7.78. The molecule has 2 rings (SSSR count). The van der Waals surface area contributed by atoms with Gasteiger partial charge in [-0.25, -0.2) is 9.59 Å². The van der Waals surface area contributed by atoms with Crippen molar-refractivity contribution in [1.29, 1.82) is 0 Å². The molecule has 25 heavy (non-hydrogen) atoms. The molecule has 0 aromatic heterocycles. The van der Waals surface area contributed by atoms with Crippen LogP contribution in [0.5, 0.6) is 0 Å². The number of carbonyl (C=O) groups excluding carboxylic acids is 3. The first-order valence-electron chi connectivity index (χ1n) is 7.77. The Bertz CT molecular complexity index is 717. The van der Waals surface area contributed by atoms with E-state index in [1.807, 2.05) is 26.8 Å². The van der Waals surface area contributed by atoms with Gasteiger partial charge in [0.25, 0.3) is 0 Å². The zero-order valence-corrected chi connectivity index (χ0v) is 15.8. The Labute approximate surface area is 151 Å². The van der Waals surface area contributed by atoms with Crippen LogP contribution in [0, 0.1) is 6.92 Å². The van der Waals surface area contributed by atoms with E-state index in [0.717, 1.165) is 10.5 Å². The first-order chi connectivity index (χ1) is 11.7. The minimum atomic E-state index is -0.641. The van der Waals surface area contributed by atoms with E-state index in [-0.39, 0.29) is 19.0 Å². The van der Waals surface area contributed by atoms with Gasteiger partial charge >= 0.3 is 12.1 Å². The molecule has 0 spiro atoms. The maximum absolute atomic E-state index is 12.8. The third-order valence-corrected chi connectivity index (χ3v) is 5.15. The number of aryl methyl sites for hydroxylation is 1. The van der Waals surface area contributed by atoms with Gasteiger partial charge in [0, 0.05) is 18.0 Å². The number of nitrogens with one attached hydrogen (secondary N) is 1. The van der Waals surface area contributed by atoms with Crippen molar-refractivity contribution in [1.82, 2.24) is 5.32 Å². The Morgan fingerprint density at radius 2 is 1.92 bits per heavy atom. The van der Waals surface area contributed by atoms with Crippen molar-refractivity contribution in [2.75, 3.05) is 32.2 Å². The van der Waals surface area contributed by atoms with E-state index >= 15 is 0 Å². The van der Waals surface area contributed by atoms with Gasteiger partial charge in [0.15, 0.2) is 0 Å². The minimum absolute atomic E-state index is 0.0867. The van der Waals surface area contributed by atoms with Crippen molar-refractivity contribution in [3.8, 4) is 0 Å². The summed E-state index contributed by atoms with van der Waals surface area (Å²) in [5, 5.41) is 2.56. The molecule has 0 unspecified atom stereocenters. The van der Waals surface area contributed by atoms with Gasteiger partial charge in [-0.3, -0.25) is 4.79 Å². The van der Waals surface area contributed by atoms with E-state index in [1.54, 1.807) is 11.0 Å². The van der Waals surface area contributed by atoms with E-state index in [4.69, 9.17) is 4.74 Å². The number of fused-ring (bicyclic) bond motifs is 1. The van der Waals surface area contributed by atoms with Gasteiger partial charge < -0.3 is 19.7 Å². The van der Waals surface area contributed by atoms with Gasteiger partial charge in [-0.1, -0.05) is 0 Å². The van der Waals surface area contributed by atoms with Crippen LogP contribution in [0.25, 0.3) is 0 Å². The summed E-state index contributed by atoms with van der Waals surface area (Å²) in [7, 11) is 2.60. The van der Waals surface area contributed by atoms with E-state index < -0.39 is 16.8 Å². The predicted molar refractivity (Wildman–Crippen MR) is 95.2 cm³/mol. The highest BCUT2D eigenvalue weighted by Gasteiger charge is 2.40. The number of benzene rings is 1. The molecular weight excluding hydrogens is 344 g/mol. The number of alkyl carbamates (subject to hydrolysis) is 1. The molecule has 1 aromatic carbocycles. The lowest BCUT2D eigenvalue weighted by molar-refractivity contribution is -0.120. The average Bonchev–Trinajstić information content (AvgIpc) is 2.56. The SMILES string of the molecule is COC(=O)NCCN1C(=O)C(C)(C)Sc2cc(C)c(C(=O)OC)cc21. The maximum atomic E-state index is 12.8. The fourth-order valence-corrected chi connectivity index (χ4v) is 3.87. The quantitative estimate of drug-likeness (QED) is 0.824. The number of hydrogen-bond acceptors (Lipinski definition) is 6. The molecular formula is C17H22N2O5S. The molecule has 0 fully saturated rings. The van der Waals surface area contributed by atoms with Crippen LogP contribution in [0.4, 0.5) is 10.5 Å². The summed E-state index contributed by atoms with van der Waals surface area (Å²) in [4.78, 5) is 38.5. The number of amides is 2. The Morgan fingerprint density at radius 1 is 1.24 bits per heavy atom. The van der Waals surface area contributed by atoms with Gasteiger partial charge in [0.05, 0.1) is 30.2 Å². The van der Waals surface area contributed by atoms with Crippen molar-refractivity contribution in [3.63, 3.8) is 0 Å². The fourth-order valence-electron chi connectivity index (χ4n) is 2.61. The van der Waals surface area contributed by atoms with E-state index in [9.17, 15) is 14.4 Å². The van der Waals surface area contributed by atoms with Gasteiger partial charge in [-0.05, 0) is 38.5 Å². The Hall–Kier alpha value is -2.22. The largest absolute Gasteiger partial charge is 0.465 e. The highest BCUT2D eigenvalue weighted by molar-refractivity contribution is 8.01. The van der Waals surface area contributed by atoms with Crippen LogP contribution in [0.2, 0.25) is 0 Å². The normalized spacial score (nSPS) is 15.4. The Balaban J connectivity index is 2.40. The minimum Gasteiger partial charge on any atom is -0.465 e. The number of methoxy groups -OCH3 is 2. The first kappa shape index (κ1) is 19.1. The van der Waals surface area contributed by atoms with Crippen molar-refractivity contribution in [2.24, 2.45) is 0 Å². The van der Waals surface area contributed by atoms with Gasteiger partial charge in [0.1, 0.15) is 0 Å². The maximum Gasteiger partial charge on any atom is 0.406 e. The number of thioether (sulfide) groups is 1. The van der Waals surface area contributed by atoms with Crippen LogP contribution in [0.1, 0.15) is 29.8 Å². The third kappa shape index (κ3) is 3.89. The van der Waals surface area contributed by atoms with Gasteiger partial charge in [-0.2, -0.15) is 0 Å². The number of rotatable bonds is 4. The van der Waals surface area contributed by atoms with Crippen molar-refractivity contribution in [3.05, 3.63) is 23.3 Å². The Kier molecular flexibility index (Phi) is 5.62. The van der Waals surface area contributed by atoms with Crippen molar-refractivity contribution < 1.29 is 23.9 Å². The molecule has 0 saturated heterocycles. The van der Waals surface area contributed by atoms with Crippen LogP contribution in [-0.2, 0) is 14.3 Å². The highest BCUT2D eigenvalue weighted by Crippen LogP contribution is 2.46. The standard InChI is InChI=1S/C17H22N2O5S/c1-10-8-13-12(9-11(10)14(20)23-4)19(7-6-18-16(22)24-5)15(21)17(2,3)25-13/h8-9H,6-7H2,1-5H3,(H,18,22). The van der Waals surface area contributed by atoms with E-state index in [2.05, 4.69) is 10.1 Å². The summed E-state index contributed by atoms with van der Waals surface area (Å²) in [6.07, 6.45) is -0.558. The second-order valence-electron chi connectivity index (χ2n) is 6.11. The molecule has 1 aliphatic rings.